The fourth-order valence-corrected chi connectivity index (χ4v) is 3.24. The Bertz CT molecular complexity index is 842. The molecule has 0 aromatic carbocycles. The van der Waals surface area contributed by atoms with Gasteiger partial charge in [0.05, 0.1) is 25.7 Å². The average Bonchev–Trinajstić information content (AvgIpc) is 2.86. The van der Waals surface area contributed by atoms with Gasteiger partial charge in [0.15, 0.2) is 5.01 Å². The van der Waals surface area contributed by atoms with Crippen molar-refractivity contribution in [1.29, 1.82) is 0 Å². The lowest BCUT2D eigenvalue weighted by Gasteiger charge is -2.28. The van der Waals surface area contributed by atoms with Gasteiger partial charge in [-0.25, -0.2) is 0 Å². The van der Waals surface area contributed by atoms with Crippen molar-refractivity contribution >= 4 is 57.7 Å². The van der Waals surface area contributed by atoms with Crippen LogP contribution in [0.4, 0.5) is 0 Å². The van der Waals surface area contributed by atoms with Gasteiger partial charge in [0.1, 0.15) is 0 Å². The average molecular weight is 736 g/mol. The summed E-state index contributed by atoms with van der Waals surface area (Å²) in [6, 6.07) is 1.38. The third-order valence-electron chi connectivity index (χ3n) is 4.36. The van der Waals surface area contributed by atoms with E-state index in [1.807, 2.05) is 0 Å². The Labute approximate surface area is 283 Å². The number of esters is 5. The number of ether oxygens (including phenoxy) is 5. The molecule has 0 aliphatic heterocycles. The Kier molecular flexibility index (Phi) is 35.7. The molecule has 272 valence electrons. The predicted molar refractivity (Wildman–Crippen MR) is 173 cm³/mol. The first kappa shape index (κ1) is 49.6. The molecule has 16 heteroatoms. The number of carboxylic acid groups (broad SMARTS) is 2. The molecule has 2 N–H and O–H groups in total. The second-order valence-electron chi connectivity index (χ2n) is 9.29. The molecule has 0 radical (unpaired) electrons. The minimum Gasteiger partial charge on any atom is -0.481 e. The molecule has 15 nitrogen and oxygen atoms in total. The SMILES string of the molecule is CC(=O)OC(C)Br.CC(=O)OC(C)OC(=O)CCC(=O)OC(C)OC(C)=O.CCN(C(C)C)C(C)C.O=C(O)CCC(=O)O.[2H]CC. The quantitative estimate of drug-likeness (QED) is 0.104. The molecule has 46 heavy (non-hydrogen) atoms. The Balaban J connectivity index is -0.000000180. The summed E-state index contributed by atoms with van der Waals surface area (Å²) >= 11 is 3.03. The van der Waals surface area contributed by atoms with Crippen LogP contribution in [0.1, 0.15) is 117 Å². The van der Waals surface area contributed by atoms with Gasteiger partial charge in [-0.1, -0.05) is 20.7 Å². The number of rotatable bonds is 14. The lowest BCUT2D eigenvalue weighted by Crippen LogP contribution is -2.36. The van der Waals surface area contributed by atoms with Gasteiger partial charge in [-0.3, -0.25) is 38.5 Å². The van der Waals surface area contributed by atoms with E-state index >= 15 is 0 Å². The summed E-state index contributed by atoms with van der Waals surface area (Å²) in [6.45, 7) is 22.8. The molecule has 0 bridgehead atoms. The second-order valence-corrected chi connectivity index (χ2v) is 10.6. The Morgan fingerprint density at radius 3 is 1.04 bits per heavy atom. The van der Waals surface area contributed by atoms with Crippen molar-refractivity contribution in [2.75, 3.05) is 6.54 Å². The molecule has 0 aliphatic carbocycles. The number of alkyl halides is 1. The summed E-state index contributed by atoms with van der Waals surface area (Å²) in [5.74, 6) is -5.00. The molecule has 0 saturated heterocycles. The van der Waals surface area contributed by atoms with Gasteiger partial charge in [-0.2, -0.15) is 0 Å². The standard InChI is InChI=1S/C12H18O8.C8H19N.C4H7BrO2.C4H6O4.C2H6/c1-7(13)17-9(3)19-11(15)5-6-12(16)20-10(4)18-8(2)14;1-6-9(7(2)3)8(4)5;1-3(5)7-4(2)6;5-3(6)1-2-4(7)8;1-2/h9-10H,5-6H2,1-4H3;7-8H,6H2,1-5H3;3H,1-2H3;1-2H2,(H,5,6)(H,7,8);1-2H3/i;;;;1D. The molecule has 0 fully saturated rings. The van der Waals surface area contributed by atoms with Crippen molar-refractivity contribution in [3.05, 3.63) is 0 Å². The lowest BCUT2D eigenvalue weighted by molar-refractivity contribution is -0.188. The molecule has 0 saturated carbocycles. The Morgan fingerprint density at radius 2 is 0.913 bits per heavy atom. The van der Waals surface area contributed by atoms with Crippen LogP contribution in [-0.2, 0) is 57.2 Å². The maximum Gasteiger partial charge on any atom is 0.309 e. The van der Waals surface area contributed by atoms with Gasteiger partial charge < -0.3 is 33.9 Å². The number of carbonyl (C=O) groups excluding carboxylic acids is 5. The zero-order valence-corrected chi connectivity index (χ0v) is 30.8. The molecule has 0 aromatic rings. The van der Waals surface area contributed by atoms with Gasteiger partial charge in [0.2, 0.25) is 12.6 Å². The third kappa shape index (κ3) is 47.7. The first-order valence-electron chi connectivity index (χ1n) is 15.2. The van der Waals surface area contributed by atoms with Crippen molar-refractivity contribution in [2.24, 2.45) is 0 Å². The Morgan fingerprint density at radius 1 is 0.630 bits per heavy atom. The number of aliphatic carboxylic acids is 2. The normalized spacial score (nSPS) is 11.8. The van der Waals surface area contributed by atoms with E-state index in [0.717, 1.165) is 6.54 Å². The number of hydrogen-bond acceptors (Lipinski definition) is 13. The molecule has 3 atom stereocenters. The second kappa shape index (κ2) is 33.1. The molecule has 0 aliphatic rings. The van der Waals surface area contributed by atoms with E-state index in [9.17, 15) is 33.6 Å². The zero-order valence-electron chi connectivity index (χ0n) is 30.2. The van der Waals surface area contributed by atoms with E-state index in [0.29, 0.717) is 19.0 Å². The van der Waals surface area contributed by atoms with Crippen molar-refractivity contribution < 1.29 is 68.8 Å². The molecular formula is C30H56BrNO14. The largest absolute Gasteiger partial charge is 0.481 e. The Hall–Kier alpha value is -3.27. The third-order valence-corrected chi connectivity index (χ3v) is 4.55. The van der Waals surface area contributed by atoms with Crippen LogP contribution in [0.2, 0.25) is 0 Å². The summed E-state index contributed by atoms with van der Waals surface area (Å²) < 4.78 is 29.3. The molecule has 0 heterocycles. The minimum atomic E-state index is -1.08. The smallest absolute Gasteiger partial charge is 0.309 e. The first-order chi connectivity index (χ1) is 21.5. The van der Waals surface area contributed by atoms with Crippen molar-refractivity contribution in [3.8, 4) is 0 Å². The highest BCUT2D eigenvalue weighted by Gasteiger charge is 2.16. The molecule has 3 unspecified atom stereocenters. The first-order valence-corrected chi connectivity index (χ1v) is 15.4. The molecule has 0 spiro atoms. The monoisotopic (exact) mass is 734 g/mol. The highest BCUT2D eigenvalue weighted by atomic mass is 79.9. The predicted octanol–water partition coefficient (Wildman–Crippen LogP) is 5.05. The van der Waals surface area contributed by atoms with Gasteiger partial charge in [0.25, 0.3) is 0 Å². The van der Waals surface area contributed by atoms with Crippen LogP contribution in [0.25, 0.3) is 0 Å². The zero-order chi connectivity index (χ0) is 38.3. The van der Waals surface area contributed by atoms with Gasteiger partial charge in [-0.15, -0.1) is 0 Å². The van der Waals surface area contributed by atoms with Crippen molar-refractivity contribution in [1.82, 2.24) is 4.90 Å². The number of nitrogens with zero attached hydrogens (tertiary/aromatic N) is 1. The van der Waals surface area contributed by atoms with Gasteiger partial charge in [-0.05, 0) is 57.1 Å². The summed E-state index contributed by atoms with van der Waals surface area (Å²) in [4.78, 5) is 75.5. The summed E-state index contributed by atoms with van der Waals surface area (Å²) in [6.07, 6.45) is -3.11. The van der Waals surface area contributed by atoms with Crippen molar-refractivity contribution in [3.63, 3.8) is 0 Å². The number of halogens is 1. The number of carboxylic acids is 2. The summed E-state index contributed by atoms with van der Waals surface area (Å²) in [5.41, 5.74) is 0. The van der Waals surface area contributed by atoms with E-state index in [-0.39, 0.29) is 36.7 Å². The maximum atomic E-state index is 11.3. The number of carbonyl (C=O) groups is 7. The lowest BCUT2D eigenvalue weighted by atomic mass is 10.2. The highest BCUT2D eigenvalue weighted by molar-refractivity contribution is 9.09. The fourth-order valence-electron chi connectivity index (χ4n) is 2.98. The van der Waals surface area contributed by atoms with Gasteiger partial charge >= 0.3 is 41.8 Å². The van der Waals surface area contributed by atoms with Crippen LogP contribution in [-0.4, -0.2) is 93.1 Å². The molecule has 0 aromatic heterocycles. The van der Waals surface area contributed by atoms with Crippen LogP contribution < -0.4 is 0 Å². The van der Waals surface area contributed by atoms with E-state index in [2.05, 4.69) is 69.7 Å². The van der Waals surface area contributed by atoms with Crippen molar-refractivity contribution in [2.45, 2.75) is 145 Å². The maximum absolute atomic E-state index is 11.3. The van der Waals surface area contributed by atoms with Crippen LogP contribution in [0.15, 0.2) is 0 Å². The highest BCUT2D eigenvalue weighted by Crippen LogP contribution is 2.04. The summed E-state index contributed by atoms with van der Waals surface area (Å²) in [5, 5.41) is 15.6. The van der Waals surface area contributed by atoms with Crippen LogP contribution in [0, 0.1) is 0 Å². The van der Waals surface area contributed by atoms with Crippen LogP contribution in [0.5, 0.6) is 0 Å². The fraction of sp³-hybridized carbons (Fsp3) is 0.767. The topological polar surface area (TPSA) is 209 Å². The van der Waals surface area contributed by atoms with E-state index in [4.69, 9.17) is 21.1 Å². The number of hydrogen-bond donors (Lipinski definition) is 2. The minimum absolute atomic E-state index is 0.162. The molecular weight excluding hydrogens is 678 g/mol. The van der Waals surface area contributed by atoms with Gasteiger partial charge in [0, 0.05) is 48.1 Å². The molecule has 0 amide bonds. The van der Waals surface area contributed by atoms with E-state index < -0.39 is 48.4 Å². The van der Waals surface area contributed by atoms with E-state index in [1.54, 1.807) is 13.8 Å². The van der Waals surface area contributed by atoms with Crippen LogP contribution >= 0.6 is 15.9 Å². The molecule has 0 rings (SSSR count). The summed E-state index contributed by atoms with van der Waals surface area (Å²) in [7, 11) is 0. The van der Waals surface area contributed by atoms with E-state index in [1.165, 1.54) is 34.6 Å². The van der Waals surface area contributed by atoms with Crippen LogP contribution in [0.3, 0.4) is 0 Å².